The highest BCUT2D eigenvalue weighted by Gasteiger charge is 2.28. The van der Waals surface area contributed by atoms with E-state index in [1.807, 2.05) is 46.9 Å². The van der Waals surface area contributed by atoms with Crippen LogP contribution in [-0.2, 0) is 21.4 Å². The highest BCUT2D eigenvalue weighted by atomic mass is 35.5. The first kappa shape index (κ1) is 23.6. The quantitative estimate of drug-likeness (QED) is 0.404. The largest absolute Gasteiger partial charge is 0.368 e. The van der Waals surface area contributed by atoms with Crippen molar-refractivity contribution in [1.82, 2.24) is 18.8 Å². The Morgan fingerprint density at radius 1 is 1.20 bits per heavy atom. The van der Waals surface area contributed by atoms with Crippen molar-refractivity contribution < 1.29 is 14.6 Å². The maximum Gasteiger partial charge on any atom is 0.263 e. The summed E-state index contributed by atoms with van der Waals surface area (Å²) in [6.45, 7) is 4.17. The molecule has 4 aromatic rings. The average Bonchev–Trinajstić information content (AvgIpc) is 3.48. The van der Waals surface area contributed by atoms with Gasteiger partial charge in [-0.3, -0.25) is 9.52 Å². The first-order valence-corrected chi connectivity index (χ1v) is 13.6. The molecule has 0 radical (unpaired) electrons. The Labute approximate surface area is 213 Å². The monoisotopic (exact) mass is 532 g/mol. The second-order valence-electron chi connectivity index (χ2n) is 8.37. The minimum Gasteiger partial charge on any atom is -0.368 e. The van der Waals surface area contributed by atoms with Gasteiger partial charge < -0.3 is 14.4 Å². The molecule has 0 saturated carbocycles. The van der Waals surface area contributed by atoms with Crippen LogP contribution in [0.3, 0.4) is 0 Å². The van der Waals surface area contributed by atoms with Gasteiger partial charge in [-0.2, -0.15) is 4.37 Å². The summed E-state index contributed by atoms with van der Waals surface area (Å²) < 4.78 is 33.2. The van der Waals surface area contributed by atoms with Gasteiger partial charge in [-0.15, -0.1) is 0 Å². The first-order valence-electron chi connectivity index (χ1n) is 11.0. The molecule has 184 valence electrons. The molecule has 0 aliphatic carbocycles. The Bertz CT molecular complexity index is 1460. The van der Waals surface area contributed by atoms with Gasteiger partial charge >= 0.3 is 0 Å². The van der Waals surface area contributed by atoms with Gasteiger partial charge in [0.15, 0.2) is 0 Å². The molecular weight excluding hydrogens is 508 g/mol. The maximum absolute atomic E-state index is 13.1. The molecule has 1 atom stereocenters. The number of hydrogen-bond acceptors (Lipinski definition) is 7. The second-order valence-corrected chi connectivity index (χ2v) is 11.3. The van der Waals surface area contributed by atoms with Crippen molar-refractivity contribution in [3.63, 3.8) is 0 Å². The van der Waals surface area contributed by atoms with Crippen LogP contribution in [-0.4, -0.2) is 58.8 Å². The Morgan fingerprint density at radius 2 is 2.00 bits per heavy atom. The highest BCUT2D eigenvalue weighted by molar-refractivity contribution is 7.93. The number of sulfonamides is 1. The van der Waals surface area contributed by atoms with Crippen LogP contribution in [0.25, 0.3) is 10.9 Å². The number of fused-ring (bicyclic) bond motifs is 1. The lowest BCUT2D eigenvalue weighted by Gasteiger charge is -2.41. The molecule has 1 saturated heterocycles. The standard InChI is InChI=1S/C23H23ClN6O3S2.H2/c1-16-13-28(19-4-6-20(7-5-19)35(32,33)27-23-25-15-26-34-23)10-11-30(16)22(31)14-29-9-8-17-2-3-18(24)12-21(17)29;/h2-9,12,15-16H,10-11,13-14H2,1H3,(H,25,26,27);1H/t16-;/m0./s1. The van der Waals surface area contributed by atoms with Crippen LogP contribution in [0.4, 0.5) is 10.8 Å². The fraction of sp³-hybridized carbons (Fsp3) is 0.261. The van der Waals surface area contributed by atoms with Gasteiger partial charge in [0.25, 0.3) is 10.0 Å². The number of halogens is 1. The lowest BCUT2D eigenvalue weighted by Crippen LogP contribution is -2.54. The van der Waals surface area contributed by atoms with E-state index in [0.29, 0.717) is 24.7 Å². The van der Waals surface area contributed by atoms with Gasteiger partial charge in [0.05, 0.1) is 4.90 Å². The fourth-order valence-corrected chi connectivity index (χ4v) is 6.15. The van der Waals surface area contributed by atoms with Crippen molar-refractivity contribution in [2.24, 2.45) is 0 Å². The summed E-state index contributed by atoms with van der Waals surface area (Å²) in [5, 5.41) is 1.91. The van der Waals surface area contributed by atoms with Crippen LogP contribution < -0.4 is 9.62 Å². The van der Waals surface area contributed by atoms with Gasteiger partial charge in [-0.25, -0.2) is 13.4 Å². The third kappa shape index (κ3) is 4.97. The fourth-order valence-electron chi connectivity index (χ4n) is 4.32. The number of carbonyl (C=O) groups excluding carboxylic acids is 1. The molecule has 1 N–H and O–H groups in total. The van der Waals surface area contributed by atoms with E-state index >= 15 is 0 Å². The van der Waals surface area contributed by atoms with Crippen LogP contribution in [0.15, 0.2) is 66.0 Å². The van der Waals surface area contributed by atoms with Crippen LogP contribution in [0.1, 0.15) is 8.35 Å². The van der Waals surface area contributed by atoms with Crippen LogP contribution in [0.2, 0.25) is 5.02 Å². The predicted molar refractivity (Wildman–Crippen MR) is 140 cm³/mol. The number of rotatable bonds is 6. The molecule has 1 aliphatic rings. The molecule has 0 spiro atoms. The van der Waals surface area contributed by atoms with Crippen molar-refractivity contribution >= 4 is 60.8 Å². The molecule has 0 bridgehead atoms. The van der Waals surface area contributed by atoms with E-state index in [4.69, 9.17) is 11.6 Å². The Kier molecular flexibility index (Phi) is 6.39. The first-order chi connectivity index (χ1) is 16.8. The summed E-state index contributed by atoms with van der Waals surface area (Å²) >= 11 is 7.12. The molecule has 12 heteroatoms. The van der Waals surface area contributed by atoms with Gasteiger partial charge in [-0.1, -0.05) is 17.7 Å². The van der Waals surface area contributed by atoms with Crippen molar-refractivity contribution in [2.75, 3.05) is 29.3 Å². The number of anilines is 2. The predicted octanol–water partition coefficient (Wildman–Crippen LogP) is 3.93. The van der Waals surface area contributed by atoms with Gasteiger partial charge in [0.2, 0.25) is 11.0 Å². The smallest absolute Gasteiger partial charge is 0.263 e. The lowest BCUT2D eigenvalue weighted by atomic mass is 10.1. The zero-order valence-electron chi connectivity index (χ0n) is 18.8. The molecule has 0 unspecified atom stereocenters. The number of carbonyl (C=O) groups is 1. The van der Waals surface area contributed by atoms with Crippen molar-refractivity contribution in [3.8, 4) is 0 Å². The van der Waals surface area contributed by atoms with E-state index in [1.165, 1.54) is 6.33 Å². The van der Waals surface area contributed by atoms with E-state index in [-0.39, 0.29) is 29.9 Å². The van der Waals surface area contributed by atoms with Gasteiger partial charge in [-0.05, 0) is 54.8 Å². The van der Waals surface area contributed by atoms with E-state index in [1.54, 1.807) is 24.3 Å². The number of hydrogen-bond donors (Lipinski definition) is 1. The van der Waals surface area contributed by atoms with Crippen molar-refractivity contribution in [1.29, 1.82) is 0 Å². The maximum atomic E-state index is 13.1. The summed E-state index contributed by atoms with van der Waals surface area (Å²) in [5.74, 6) is 0.0545. The van der Waals surface area contributed by atoms with Crippen molar-refractivity contribution in [3.05, 3.63) is 66.1 Å². The van der Waals surface area contributed by atoms with Gasteiger partial charge in [0.1, 0.15) is 12.9 Å². The molecule has 1 fully saturated rings. The minimum atomic E-state index is -3.73. The number of nitrogens with one attached hydrogen (secondary N) is 1. The number of piperazine rings is 1. The third-order valence-corrected chi connectivity index (χ3v) is 8.38. The van der Waals surface area contributed by atoms with E-state index < -0.39 is 10.0 Å². The molecule has 2 aromatic heterocycles. The number of nitrogens with zero attached hydrogens (tertiary/aromatic N) is 5. The molecule has 9 nitrogen and oxygen atoms in total. The Morgan fingerprint density at radius 3 is 2.71 bits per heavy atom. The molecule has 3 heterocycles. The second kappa shape index (κ2) is 9.48. The molecular formula is C23H25ClN6O3S2. The molecule has 1 amide bonds. The molecule has 5 rings (SSSR count). The lowest BCUT2D eigenvalue weighted by molar-refractivity contribution is -0.134. The minimum absolute atomic E-state index is 0. The SMILES string of the molecule is C[C@H]1CN(c2ccc(S(=O)(=O)Nc3ncns3)cc2)CCN1C(=O)Cn1ccc2ccc(Cl)cc21.[HH]. The van der Waals surface area contributed by atoms with E-state index in [2.05, 4.69) is 19.0 Å². The van der Waals surface area contributed by atoms with Crippen LogP contribution >= 0.6 is 23.1 Å². The average molecular weight is 533 g/mol. The highest BCUT2D eigenvalue weighted by Crippen LogP contribution is 2.24. The third-order valence-electron chi connectivity index (χ3n) is 6.08. The van der Waals surface area contributed by atoms with Gasteiger partial charge in [0, 0.05) is 61.1 Å². The van der Waals surface area contributed by atoms with E-state index in [9.17, 15) is 13.2 Å². The molecule has 2 aromatic carbocycles. The number of aromatic nitrogens is 3. The summed E-state index contributed by atoms with van der Waals surface area (Å²) in [6, 6.07) is 14.4. The topological polar surface area (TPSA) is 100 Å². The van der Waals surface area contributed by atoms with Crippen molar-refractivity contribution in [2.45, 2.75) is 24.4 Å². The number of benzene rings is 2. The Balaban J connectivity index is 0.00000304. The normalized spacial score (nSPS) is 16.6. The van der Waals surface area contributed by atoms with Crippen LogP contribution in [0.5, 0.6) is 0 Å². The summed E-state index contributed by atoms with van der Waals surface area (Å²) in [5.41, 5.74) is 1.85. The zero-order chi connectivity index (χ0) is 24.6. The summed E-state index contributed by atoms with van der Waals surface area (Å²) in [4.78, 5) is 21.2. The van der Waals surface area contributed by atoms with E-state index in [0.717, 1.165) is 28.1 Å². The Hall–Kier alpha value is -3.15. The number of amides is 1. The summed E-state index contributed by atoms with van der Waals surface area (Å²) in [6.07, 6.45) is 3.21. The molecule has 35 heavy (non-hydrogen) atoms. The van der Waals surface area contributed by atoms with Crippen LogP contribution in [0, 0.1) is 0 Å². The molecule has 1 aliphatic heterocycles. The summed E-state index contributed by atoms with van der Waals surface area (Å²) in [7, 11) is -3.73. The zero-order valence-corrected chi connectivity index (χ0v) is 21.2.